The predicted octanol–water partition coefficient (Wildman–Crippen LogP) is 7.65. The van der Waals surface area contributed by atoms with Gasteiger partial charge in [0.1, 0.15) is 41.0 Å². The van der Waals surface area contributed by atoms with Crippen molar-refractivity contribution in [2.45, 2.75) is 63.7 Å². The van der Waals surface area contributed by atoms with Gasteiger partial charge in [0.25, 0.3) is 0 Å². The van der Waals surface area contributed by atoms with Crippen LogP contribution in [-0.4, -0.2) is 36.8 Å². The fraction of sp³-hybridized carbons (Fsp3) is 0.294. The minimum Gasteiger partial charge on any atom is -0.643 e. The van der Waals surface area contributed by atoms with Crippen LogP contribution >= 0.6 is 0 Å². The number of hydrogen-bond donors (Lipinski definition) is 0. The molecule has 0 saturated heterocycles. The zero-order chi connectivity index (χ0) is 41.3. The van der Waals surface area contributed by atoms with Gasteiger partial charge in [-0.3, -0.25) is 0 Å². The molecule has 292 valence electrons. The minimum atomic E-state index is -5.91. The molecular formula is C34H30AlBF15OSi2-. The summed E-state index contributed by atoms with van der Waals surface area (Å²) in [4.78, 5) is 0. The Morgan fingerprint density at radius 2 is 0.648 bits per heavy atom. The highest BCUT2D eigenvalue weighted by atomic mass is 28.3. The highest BCUT2D eigenvalue weighted by molar-refractivity contribution is 7.20. The van der Waals surface area contributed by atoms with Crippen LogP contribution in [0.1, 0.15) is 13.8 Å². The molecule has 1 nitrogen and oxygen atoms in total. The zero-order valence-electron chi connectivity index (χ0n) is 29.8. The van der Waals surface area contributed by atoms with Gasteiger partial charge in [-0.1, -0.05) is 75.8 Å². The first kappa shape index (κ1) is 43.4. The molecule has 0 bridgehead atoms. The van der Waals surface area contributed by atoms with Crippen LogP contribution in [0.4, 0.5) is 65.9 Å². The molecule has 0 saturated carbocycles. The van der Waals surface area contributed by atoms with Gasteiger partial charge in [-0.15, -0.1) is 16.4 Å². The van der Waals surface area contributed by atoms with Gasteiger partial charge >= 0.3 is 14.5 Å². The Kier molecular flexibility index (Phi) is 12.0. The smallest absolute Gasteiger partial charge is 0.546 e. The first-order valence-electron chi connectivity index (χ1n) is 16.3. The van der Waals surface area contributed by atoms with Crippen LogP contribution in [0.15, 0.2) is 12.1 Å². The van der Waals surface area contributed by atoms with E-state index in [0.717, 1.165) is 12.1 Å². The molecule has 4 rings (SSSR count). The van der Waals surface area contributed by atoms with E-state index in [9.17, 15) is 13.2 Å². The van der Waals surface area contributed by atoms with Gasteiger partial charge in [0.2, 0.25) is 0 Å². The molecule has 0 N–H and O–H groups in total. The molecule has 0 aliphatic rings. The first-order chi connectivity index (χ1) is 24.7. The van der Waals surface area contributed by atoms with Crippen LogP contribution in [0.3, 0.4) is 0 Å². The molecule has 4 aromatic carbocycles. The molecule has 0 atom stereocenters. The fourth-order valence-electron chi connectivity index (χ4n) is 6.70. The summed E-state index contributed by atoms with van der Waals surface area (Å²) in [6.07, 6.45) is -5.91. The Labute approximate surface area is 306 Å². The van der Waals surface area contributed by atoms with Gasteiger partial charge in [0.05, 0.1) is 21.9 Å². The summed E-state index contributed by atoms with van der Waals surface area (Å²) in [5.41, 5.74) is -9.25. The molecule has 0 unspecified atom stereocenters. The Bertz CT molecular complexity index is 1890. The second kappa shape index (κ2) is 15.0. The van der Waals surface area contributed by atoms with E-state index >= 15 is 52.7 Å². The zero-order valence-corrected chi connectivity index (χ0v) is 33.0. The van der Waals surface area contributed by atoms with E-state index < -0.39 is 146 Å². The second-order valence-corrected chi connectivity index (χ2v) is 28.0. The average Bonchev–Trinajstić information content (AvgIpc) is 3.10. The van der Waals surface area contributed by atoms with Crippen molar-refractivity contribution < 1.29 is 69.6 Å². The maximum atomic E-state index is 16.3. The molecule has 0 aromatic heterocycles. The lowest BCUT2D eigenvalue weighted by molar-refractivity contribution is 0.380. The average molecular weight is 834 g/mol. The molecule has 0 spiro atoms. The van der Waals surface area contributed by atoms with E-state index in [1.165, 1.54) is 0 Å². The molecule has 0 aliphatic heterocycles. The summed E-state index contributed by atoms with van der Waals surface area (Å²) in [6.45, 7) is 13.2. The number of rotatable bonds is 10. The van der Waals surface area contributed by atoms with Crippen molar-refractivity contribution in [3.8, 4) is 5.75 Å². The minimum absolute atomic E-state index is 0.000286. The molecule has 20 heteroatoms. The van der Waals surface area contributed by atoms with Gasteiger partial charge in [-0.05, 0) is 10.4 Å². The molecule has 0 radical (unpaired) electrons. The Hall–Kier alpha value is -3.34. The monoisotopic (exact) mass is 833 g/mol. The van der Waals surface area contributed by atoms with Crippen LogP contribution in [0, 0.1) is 87.3 Å². The maximum absolute atomic E-state index is 16.3. The van der Waals surface area contributed by atoms with E-state index in [4.69, 9.17) is 3.79 Å². The highest BCUT2D eigenvalue weighted by Gasteiger charge is 2.50. The topological polar surface area (TPSA) is 9.23 Å². The Morgan fingerprint density at radius 3 is 0.852 bits per heavy atom. The summed E-state index contributed by atoms with van der Waals surface area (Å²) >= 11 is -2.19. The molecule has 0 amide bonds. The lowest BCUT2D eigenvalue weighted by Crippen LogP contribution is -2.80. The summed E-state index contributed by atoms with van der Waals surface area (Å²) in [5, 5.41) is 1.00. The quantitative estimate of drug-likeness (QED) is 0.0692. The van der Waals surface area contributed by atoms with Crippen molar-refractivity contribution >= 4 is 69.0 Å². The van der Waals surface area contributed by atoms with Crippen LogP contribution in [-0.2, 0) is 0 Å². The molecule has 4 aromatic rings. The van der Waals surface area contributed by atoms with Crippen LogP contribution in [0.5, 0.6) is 5.75 Å². The molecule has 54 heavy (non-hydrogen) atoms. The number of halogens is 15. The van der Waals surface area contributed by atoms with E-state index in [1.54, 1.807) is 53.1 Å². The third-order valence-electron chi connectivity index (χ3n) is 9.45. The van der Waals surface area contributed by atoms with Crippen LogP contribution in [0.2, 0.25) is 49.8 Å². The molecule has 0 fully saturated rings. The Balaban J connectivity index is 2.66. The molecular weight excluding hydrogens is 803 g/mol. The predicted molar refractivity (Wildman–Crippen MR) is 183 cm³/mol. The summed E-state index contributed by atoms with van der Waals surface area (Å²) in [7, 11) is -6.25. The van der Waals surface area contributed by atoms with Gasteiger partial charge in [0.15, 0.2) is 52.4 Å². The van der Waals surface area contributed by atoms with Gasteiger partial charge in [-0.2, -0.15) is 5.46 Å². The van der Waals surface area contributed by atoms with E-state index in [0.29, 0.717) is 10.6 Å². The highest BCUT2D eigenvalue weighted by Crippen LogP contribution is 2.29. The summed E-state index contributed by atoms with van der Waals surface area (Å²) < 4.78 is 240. The maximum Gasteiger partial charge on any atom is 0.546 e. The van der Waals surface area contributed by atoms with Gasteiger partial charge in [0, 0.05) is 0 Å². The van der Waals surface area contributed by atoms with E-state index in [2.05, 4.69) is 0 Å². The number of hydrogen-bond acceptors (Lipinski definition) is 1. The van der Waals surface area contributed by atoms with E-state index in [1.807, 2.05) is 0 Å². The largest absolute Gasteiger partial charge is 0.643 e. The van der Waals surface area contributed by atoms with Crippen molar-refractivity contribution in [2.24, 2.45) is 0 Å². The first-order valence-corrected chi connectivity index (χ1v) is 25.4. The standard InChI is InChI=1S/C30H21BF15OSi2.2C2H5.Al/c1-48(2,3)10-7-9(8-11(30(10)47)49(4,5)6)31(12-15(32)21(38)27(44)22(39)16(12)33,13-17(34)23(40)28(45)24(41)18(13)35)14-19(36)25(42)29(46)26(43)20(14)37;2*1-2;/h7-8,47H,1-6H3;2*1H2,2H3;/q-1;;;+1/p-1. The Morgan fingerprint density at radius 1 is 0.426 bits per heavy atom. The molecule has 0 heterocycles. The van der Waals surface area contributed by atoms with Crippen LogP contribution < -0.4 is 36.0 Å². The molecule has 0 aliphatic carbocycles. The van der Waals surface area contributed by atoms with E-state index in [-0.39, 0.29) is 16.1 Å². The second-order valence-electron chi connectivity index (χ2n) is 14.8. The summed E-state index contributed by atoms with van der Waals surface area (Å²) in [6, 6.07) is 1.44. The lowest BCUT2D eigenvalue weighted by atomic mass is 9.12. The normalized spacial score (nSPS) is 12.5. The fourth-order valence-corrected chi connectivity index (χ4v) is 11.5. The lowest BCUT2D eigenvalue weighted by Gasteiger charge is -2.46. The van der Waals surface area contributed by atoms with Crippen molar-refractivity contribution in [3.05, 3.63) is 99.4 Å². The summed E-state index contributed by atoms with van der Waals surface area (Å²) in [5.74, 6) is -45.2. The van der Waals surface area contributed by atoms with Crippen molar-refractivity contribution in [1.82, 2.24) is 0 Å². The van der Waals surface area contributed by atoms with Crippen LogP contribution in [0.25, 0.3) is 0 Å². The van der Waals surface area contributed by atoms with Crippen molar-refractivity contribution in [1.29, 1.82) is 0 Å². The third-order valence-corrected chi connectivity index (χ3v) is 15.8. The van der Waals surface area contributed by atoms with Gasteiger partial charge < -0.3 is 3.79 Å². The van der Waals surface area contributed by atoms with Crippen molar-refractivity contribution in [3.63, 3.8) is 0 Å². The third kappa shape index (κ3) is 6.68. The number of benzene rings is 4. The van der Waals surface area contributed by atoms with Gasteiger partial charge in [-0.25, -0.2) is 65.9 Å². The van der Waals surface area contributed by atoms with Crippen molar-refractivity contribution in [2.75, 3.05) is 0 Å². The SMILES string of the molecule is C[CH2][Al]([CH2]C)[O]c1c([Si](C)(C)C)cc([B-](c2c(F)c(F)c(F)c(F)c2F)(c2c(F)c(F)c(F)c(F)c2F)c2c(F)c(F)c(F)c(F)c2F)cc1[Si](C)(C)C.